The van der Waals surface area contributed by atoms with Crippen LogP contribution in [0.1, 0.15) is 62.4 Å². The second-order valence-electron chi connectivity index (χ2n) is 6.74. The molecule has 2 atom stereocenters. The average Bonchev–Trinajstić information content (AvgIpc) is 2.92. The third kappa shape index (κ3) is 2.62. The summed E-state index contributed by atoms with van der Waals surface area (Å²) in [5.74, 6) is 0.603. The summed E-state index contributed by atoms with van der Waals surface area (Å²) in [7, 11) is 0. The molecule has 0 saturated carbocycles. The van der Waals surface area contributed by atoms with Gasteiger partial charge in [-0.1, -0.05) is 31.2 Å². The lowest BCUT2D eigenvalue weighted by Gasteiger charge is -2.38. The highest BCUT2D eigenvalue weighted by Crippen LogP contribution is 2.41. The zero-order chi connectivity index (χ0) is 15.0. The van der Waals surface area contributed by atoms with Crippen LogP contribution in [0.25, 0.3) is 0 Å². The van der Waals surface area contributed by atoms with E-state index in [-0.39, 0.29) is 5.54 Å². The van der Waals surface area contributed by atoms with E-state index in [4.69, 9.17) is 5.73 Å². The Morgan fingerprint density at radius 3 is 2.81 bits per heavy atom. The van der Waals surface area contributed by atoms with E-state index in [2.05, 4.69) is 62.4 Å². The van der Waals surface area contributed by atoms with Gasteiger partial charge in [0.2, 0.25) is 0 Å². The summed E-state index contributed by atoms with van der Waals surface area (Å²) < 4.78 is 2.01. The van der Waals surface area contributed by atoms with Crippen molar-refractivity contribution in [1.29, 1.82) is 0 Å². The highest BCUT2D eigenvalue weighted by atomic mass is 15.3. The summed E-state index contributed by atoms with van der Waals surface area (Å²) in [6.45, 7) is 6.59. The Hall–Kier alpha value is -1.61. The summed E-state index contributed by atoms with van der Waals surface area (Å²) in [6.07, 6.45) is 5.05. The summed E-state index contributed by atoms with van der Waals surface area (Å²) in [6, 6.07) is 11.2. The maximum absolute atomic E-state index is 6.80. The first-order valence-electron chi connectivity index (χ1n) is 7.92. The van der Waals surface area contributed by atoms with Crippen molar-refractivity contribution < 1.29 is 0 Å². The van der Waals surface area contributed by atoms with Crippen LogP contribution in [0.15, 0.2) is 36.5 Å². The van der Waals surface area contributed by atoms with Crippen LogP contribution in [0, 0.1) is 0 Å². The lowest BCUT2D eigenvalue weighted by atomic mass is 9.71. The van der Waals surface area contributed by atoms with Crippen LogP contribution in [0.2, 0.25) is 0 Å². The molecule has 0 spiro atoms. The van der Waals surface area contributed by atoms with E-state index in [9.17, 15) is 0 Å². The molecule has 0 aliphatic heterocycles. The standard InChI is InChI=1S/C18H25N3/c1-13(2)21-11-9-15(20-21)12-18(19)10-8-14(3)16-6-4-5-7-17(16)18/h4-7,9,11,13-14H,8,10,12,19H2,1-3H3. The molecule has 2 unspecified atom stereocenters. The number of benzene rings is 1. The Labute approximate surface area is 127 Å². The molecule has 3 nitrogen and oxygen atoms in total. The summed E-state index contributed by atoms with van der Waals surface area (Å²) in [4.78, 5) is 0. The fourth-order valence-electron chi connectivity index (χ4n) is 3.41. The summed E-state index contributed by atoms with van der Waals surface area (Å²) in [5, 5.41) is 4.68. The number of aromatic nitrogens is 2. The first-order chi connectivity index (χ1) is 9.99. The van der Waals surface area contributed by atoms with Gasteiger partial charge in [-0.05, 0) is 49.8 Å². The summed E-state index contributed by atoms with van der Waals surface area (Å²) in [5.41, 5.74) is 10.3. The van der Waals surface area contributed by atoms with Crippen LogP contribution in [0.4, 0.5) is 0 Å². The quantitative estimate of drug-likeness (QED) is 0.932. The number of nitrogens with zero attached hydrogens (tertiary/aromatic N) is 2. The fraction of sp³-hybridized carbons (Fsp3) is 0.500. The fourth-order valence-corrected chi connectivity index (χ4v) is 3.41. The normalized spacial score (nSPS) is 25.1. The van der Waals surface area contributed by atoms with E-state index in [0.717, 1.165) is 25.0 Å². The third-order valence-corrected chi connectivity index (χ3v) is 4.74. The van der Waals surface area contributed by atoms with Crippen molar-refractivity contribution in [3.05, 3.63) is 53.3 Å². The van der Waals surface area contributed by atoms with Crippen LogP contribution in [-0.4, -0.2) is 9.78 Å². The van der Waals surface area contributed by atoms with E-state index >= 15 is 0 Å². The Morgan fingerprint density at radius 2 is 2.10 bits per heavy atom. The maximum atomic E-state index is 6.80. The van der Waals surface area contributed by atoms with Crippen LogP contribution in [0.3, 0.4) is 0 Å². The monoisotopic (exact) mass is 283 g/mol. The van der Waals surface area contributed by atoms with Gasteiger partial charge in [-0.2, -0.15) is 5.10 Å². The van der Waals surface area contributed by atoms with E-state index in [1.807, 2.05) is 4.68 Å². The SMILES string of the molecule is CC1CCC(N)(Cc2ccn(C(C)C)n2)c2ccccc21. The molecule has 1 heterocycles. The van der Waals surface area contributed by atoms with E-state index in [1.165, 1.54) is 11.1 Å². The molecule has 1 aliphatic rings. The van der Waals surface area contributed by atoms with Crippen LogP contribution >= 0.6 is 0 Å². The molecule has 0 bridgehead atoms. The minimum Gasteiger partial charge on any atom is -0.321 e. The van der Waals surface area contributed by atoms with Gasteiger partial charge in [0.05, 0.1) is 5.69 Å². The van der Waals surface area contributed by atoms with Crippen molar-refractivity contribution in [2.75, 3.05) is 0 Å². The largest absolute Gasteiger partial charge is 0.321 e. The average molecular weight is 283 g/mol. The molecular formula is C18H25N3. The topological polar surface area (TPSA) is 43.8 Å². The zero-order valence-electron chi connectivity index (χ0n) is 13.2. The van der Waals surface area contributed by atoms with Gasteiger partial charge < -0.3 is 5.73 Å². The molecule has 3 heteroatoms. The van der Waals surface area contributed by atoms with Crippen LogP contribution < -0.4 is 5.73 Å². The van der Waals surface area contributed by atoms with Gasteiger partial charge in [0.15, 0.2) is 0 Å². The predicted molar refractivity (Wildman–Crippen MR) is 86.3 cm³/mol. The molecule has 0 saturated heterocycles. The molecule has 0 fully saturated rings. The van der Waals surface area contributed by atoms with Crippen molar-refractivity contribution in [2.24, 2.45) is 5.73 Å². The highest BCUT2D eigenvalue weighted by molar-refractivity contribution is 5.39. The Bertz CT molecular complexity index is 629. The van der Waals surface area contributed by atoms with Gasteiger partial charge in [0.1, 0.15) is 0 Å². The maximum Gasteiger partial charge on any atom is 0.0646 e. The predicted octanol–water partition coefficient (Wildman–Crippen LogP) is 3.76. The molecule has 0 amide bonds. The number of fused-ring (bicyclic) bond motifs is 1. The minimum absolute atomic E-state index is 0.279. The van der Waals surface area contributed by atoms with Crippen molar-refractivity contribution in [2.45, 2.75) is 57.5 Å². The minimum atomic E-state index is -0.279. The Morgan fingerprint density at radius 1 is 1.33 bits per heavy atom. The second kappa shape index (κ2) is 5.30. The first kappa shape index (κ1) is 14.3. The molecule has 1 aromatic carbocycles. The molecule has 112 valence electrons. The molecule has 2 N–H and O–H groups in total. The lowest BCUT2D eigenvalue weighted by Crippen LogP contribution is -2.42. The third-order valence-electron chi connectivity index (χ3n) is 4.74. The van der Waals surface area contributed by atoms with Crippen molar-refractivity contribution in [3.8, 4) is 0 Å². The first-order valence-corrected chi connectivity index (χ1v) is 7.92. The molecule has 0 radical (unpaired) electrons. The number of hydrogen-bond acceptors (Lipinski definition) is 2. The Balaban J connectivity index is 1.92. The van der Waals surface area contributed by atoms with Gasteiger partial charge in [0.25, 0.3) is 0 Å². The van der Waals surface area contributed by atoms with Gasteiger partial charge in [-0.25, -0.2) is 0 Å². The Kier molecular flexibility index (Phi) is 3.62. The molecule has 3 rings (SSSR count). The molecular weight excluding hydrogens is 258 g/mol. The zero-order valence-corrected chi connectivity index (χ0v) is 13.2. The number of nitrogens with two attached hydrogens (primary N) is 1. The molecule has 1 aliphatic carbocycles. The van der Waals surface area contributed by atoms with Gasteiger partial charge >= 0.3 is 0 Å². The number of hydrogen-bond donors (Lipinski definition) is 1. The second-order valence-corrected chi connectivity index (χ2v) is 6.74. The van der Waals surface area contributed by atoms with Crippen molar-refractivity contribution in [3.63, 3.8) is 0 Å². The van der Waals surface area contributed by atoms with Crippen molar-refractivity contribution in [1.82, 2.24) is 9.78 Å². The highest BCUT2D eigenvalue weighted by Gasteiger charge is 2.35. The van der Waals surface area contributed by atoms with Crippen molar-refractivity contribution >= 4 is 0 Å². The summed E-state index contributed by atoms with van der Waals surface area (Å²) >= 11 is 0. The van der Waals surface area contributed by atoms with E-state index < -0.39 is 0 Å². The molecule has 1 aromatic heterocycles. The molecule has 2 aromatic rings. The van der Waals surface area contributed by atoms with Gasteiger partial charge in [-0.15, -0.1) is 0 Å². The lowest BCUT2D eigenvalue weighted by molar-refractivity contribution is 0.344. The van der Waals surface area contributed by atoms with Crippen LogP contribution in [-0.2, 0) is 12.0 Å². The van der Waals surface area contributed by atoms with Gasteiger partial charge in [0, 0.05) is 24.2 Å². The van der Waals surface area contributed by atoms with E-state index in [0.29, 0.717) is 12.0 Å². The number of rotatable bonds is 3. The van der Waals surface area contributed by atoms with E-state index in [1.54, 1.807) is 0 Å². The van der Waals surface area contributed by atoms with Crippen LogP contribution in [0.5, 0.6) is 0 Å². The van der Waals surface area contributed by atoms with Gasteiger partial charge in [-0.3, -0.25) is 4.68 Å². The molecule has 21 heavy (non-hydrogen) atoms. The smallest absolute Gasteiger partial charge is 0.0646 e.